The smallest absolute Gasteiger partial charge is 0.246 e. The molecule has 0 aromatic heterocycles. The van der Waals surface area contributed by atoms with Crippen molar-refractivity contribution in [3.05, 3.63) is 35.9 Å². The van der Waals surface area contributed by atoms with E-state index in [9.17, 15) is 24.0 Å². The molecule has 0 radical (unpaired) electrons. The molecule has 0 aliphatic carbocycles. The molecule has 0 fully saturated rings. The molecule has 12 heteroatoms. The van der Waals surface area contributed by atoms with Crippen molar-refractivity contribution in [2.24, 2.45) is 29.4 Å². The van der Waals surface area contributed by atoms with E-state index in [2.05, 4.69) is 5.32 Å². The first-order chi connectivity index (χ1) is 22.8. The maximum absolute atomic E-state index is 14.3. The topological polar surface area (TPSA) is 136 Å². The van der Waals surface area contributed by atoms with E-state index in [0.717, 1.165) is 5.56 Å². The summed E-state index contributed by atoms with van der Waals surface area (Å²) in [6.07, 6.45) is 2.99. The van der Waals surface area contributed by atoms with E-state index < -0.39 is 36.1 Å². The van der Waals surface area contributed by atoms with Gasteiger partial charge in [0.25, 0.3) is 0 Å². The van der Waals surface area contributed by atoms with Gasteiger partial charge in [0.2, 0.25) is 29.5 Å². The summed E-state index contributed by atoms with van der Waals surface area (Å²) in [5.41, 5.74) is 7.28. The number of carbonyl (C=O) groups is 5. The predicted molar refractivity (Wildman–Crippen MR) is 200 cm³/mol. The van der Waals surface area contributed by atoms with Crippen molar-refractivity contribution < 1.29 is 24.0 Å². The van der Waals surface area contributed by atoms with E-state index in [1.807, 2.05) is 92.0 Å². The van der Waals surface area contributed by atoms with Crippen molar-refractivity contribution in [2.75, 3.05) is 46.7 Å². The van der Waals surface area contributed by atoms with E-state index in [4.69, 9.17) is 5.73 Å². The van der Waals surface area contributed by atoms with E-state index in [1.165, 1.54) is 19.6 Å². The van der Waals surface area contributed by atoms with Gasteiger partial charge >= 0.3 is 0 Å². The zero-order valence-corrected chi connectivity index (χ0v) is 33.0. The fourth-order valence-corrected chi connectivity index (χ4v) is 6.71. The molecule has 0 saturated heterocycles. The second-order valence-corrected chi connectivity index (χ2v) is 15.4. The van der Waals surface area contributed by atoms with Crippen LogP contribution in [0.1, 0.15) is 67.4 Å². The maximum Gasteiger partial charge on any atom is 0.246 e. The molecular weight excluding hydrogens is 641 g/mol. The summed E-state index contributed by atoms with van der Waals surface area (Å²) < 4.78 is 0. The summed E-state index contributed by atoms with van der Waals surface area (Å²) in [5, 5.41) is 2.99. The minimum absolute atomic E-state index is 0.109. The number of nitrogens with two attached hydrogens (primary N) is 1. The first-order valence-electron chi connectivity index (χ1n) is 17.4. The lowest BCUT2D eigenvalue weighted by Crippen LogP contribution is -2.62. The second-order valence-electron chi connectivity index (χ2n) is 14.5. The summed E-state index contributed by atoms with van der Waals surface area (Å²) in [6, 6.07) is 5.74. The molecule has 1 aromatic carbocycles. The molecule has 0 heterocycles. The van der Waals surface area contributed by atoms with Crippen LogP contribution in [-0.4, -0.2) is 126 Å². The highest BCUT2D eigenvalue weighted by molar-refractivity contribution is 7.98. The van der Waals surface area contributed by atoms with Gasteiger partial charge in [0, 0.05) is 34.7 Å². The van der Waals surface area contributed by atoms with E-state index in [1.54, 1.807) is 40.0 Å². The zero-order valence-electron chi connectivity index (χ0n) is 32.2. The van der Waals surface area contributed by atoms with Crippen LogP contribution < -0.4 is 11.1 Å². The first-order valence-corrected chi connectivity index (χ1v) is 18.8. The van der Waals surface area contributed by atoms with Crippen molar-refractivity contribution >= 4 is 41.3 Å². The number of rotatable bonds is 19. The fraction of sp³-hybridized carbons (Fsp3) is 0.703. The monoisotopic (exact) mass is 704 g/mol. The molecule has 5 amide bonds. The highest BCUT2D eigenvalue weighted by Gasteiger charge is 2.43. The molecular formula is C37H64N6O5S. The summed E-state index contributed by atoms with van der Waals surface area (Å²) in [4.78, 5) is 75.0. The van der Waals surface area contributed by atoms with Crippen LogP contribution in [0, 0.1) is 23.7 Å². The molecule has 49 heavy (non-hydrogen) atoms. The number of hydrogen-bond acceptors (Lipinski definition) is 7. The number of likely N-dealkylation sites (N-methyl/N-ethyl adjacent to an activating group) is 4. The van der Waals surface area contributed by atoms with Gasteiger partial charge in [-0.15, -0.1) is 0 Å². The third-order valence-corrected chi connectivity index (χ3v) is 9.86. The lowest BCUT2D eigenvalue weighted by molar-refractivity contribution is -0.156. The van der Waals surface area contributed by atoms with E-state index in [-0.39, 0.29) is 47.3 Å². The number of carbonyl (C=O) groups excluding carboxylic acids is 5. The van der Waals surface area contributed by atoms with Crippen LogP contribution in [0.15, 0.2) is 30.3 Å². The molecule has 0 spiro atoms. The van der Waals surface area contributed by atoms with Crippen LogP contribution in [0.25, 0.3) is 0 Å². The molecule has 5 atom stereocenters. The Balaban J connectivity index is 3.31. The maximum atomic E-state index is 14.3. The normalized spacial score (nSPS) is 14.7. The summed E-state index contributed by atoms with van der Waals surface area (Å²) in [5.74, 6) is -1.95. The van der Waals surface area contributed by atoms with Crippen LogP contribution in [0.4, 0.5) is 0 Å². The third kappa shape index (κ3) is 12.0. The SMILES string of the molecule is CSCC[C@@H](C(=O)N(C)[C@H](C(=O)N(C)[C@H](C(=O)N(C)[C@H](C(=O)NCCc1ccccc1)C(C)C)C(C)C)C(C)C)N(C)C(=O)[C@@H](N)C(C)C. The van der Waals surface area contributed by atoms with Gasteiger partial charge in [0.1, 0.15) is 24.2 Å². The van der Waals surface area contributed by atoms with Crippen LogP contribution >= 0.6 is 11.8 Å². The average Bonchev–Trinajstić information content (AvgIpc) is 3.03. The number of amides is 5. The number of nitrogens with zero attached hydrogens (tertiary/aromatic N) is 4. The number of thioether (sulfide) groups is 1. The van der Waals surface area contributed by atoms with E-state index in [0.29, 0.717) is 25.1 Å². The first kappa shape index (κ1) is 43.9. The molecule has 0 aliphatic rings. The molecule has 0 unspecified atom stereocenters. The lowest BCUT2D eigenvalue weighted by atomic mass is 9.94. The molecule has 3 N–H and O–H groups in total. The Labute approximate surface area is 300 Å². The van der Waals surface area contributed by atoms with Crippen LogP contribution in [-0.2, 0) is 30.4 Å². The average molecular weight is 705 g/mol. The van der Waals surface area contributed by atoms with Crippen LogP contribution in [0.3, 0.4) is 0 Å². The molecule has 278 valence electrons. The van der Waals surface area contributed by atoms with E-state index >= 15 is 0 Å². The van der Waals surface area contributed by atoms with Gasteiger partial charge in [-0.1, -0.05) is 85.7 Å². The van der Waals surface area contributed by atoms with Gasteiger partial charge in [0.05, 0.1) is 6.04 Å². The minimum Gasteiger partial charge on any atom is -0.354 e. The van der Waals surface area contributed by atoms with Gasteiger partial charge < -0.3 is 30.7 Å². The van der Waals surface area contributed by atoms with Gasteiger partial charge in [0.15, 0.2) is 0 Å². The van der Waals surface area contributed by atoms with Gasteiger partial charge in [-0.25, -0.2) is 0 Å². The Kier molecular flexibility index (Phi) is 18.4. The summed E-state index contributed by atoms with van der Waals surface area (Å²) in [7, 11) is 6.36. The number of benzene rings is 1. The van der Waals surface area contributed by atoms with Crippen molar-refractivity contribution in [2.45, 2.75) is 98.4 Å². The Bertz CT molecular complexity index is 1230. The minimum atomic E-state index is -0.905. The van der Waals surface area contributed by atoms with Gasteiger partial charge in [-0.3, -0.25) is 24.0 Å². The quantitative estimate of drug-likeness (QED) is 0.226. The summed E-state index contributed by atoms with van der Waals surface area (Å²) >= 11 is 1.57. The zero-order chi connectivity index (χ0) is 37.7. The molecule has 0 aliphatic heterocycles. The Morgan fingerprint density at radius 2 is 1.10 bits per heavy atom. The summed E-state index contributed by atoms with van der Waals surface area (Å²) in [6.45, 7) is 15.4. The predicted octanol–water partition coefficient (Wildman–Crippen LogP) is 3.36. The molecule has 11 nitrogen and oxygen atoms in total. The highest BCUT2D eigenvalue weighted by Crippen LogP contribution is 2.23. The third-order valence-electron chi connectivity index (χ3n) is 9.22. The second kappa shape index (κ2) is 20.5. The van der Waals surface area contributed by atoms with Crippen molar-refractivity contribution in [1.82, 2.24) is 24.9 Å². The Morgan fingerprint density at radius 3 is 1.53 bits per heavy atom. The fourth-order valence-electron chi connectivity index (χ4n) is 6.25. The lowest BCUT2D eigenvalue weighted by Gasteiger charge is -2.41. The van der Waals surface area contributed by atoms with Crippen molar-refractivity contribution in [3.8, 4) is 0 Å². The van der Waals surface area contributed by atoms with Gasteiger partial charge in [-0.05, 0) is 54.1 Å². The van der Waals surface area contributed by atoms with Crippen molar-refractivity contribution in [3.63, 3.8) is 0 Å². The number of nitrogens with one attached hydrogen (secondary N) is 1. The van der Waals surface area contributed by atoms with Gasteiger partial charge in [-0.2, -0.15) is 11.8 Å². The Hall–Kier alpha value is -3.12. The van der Waals surface area contributed by atoms with Crippen LogP contribution in [0.2, 0.25) is 0 Å². The molecule has 1 rings (SSSR count). The van der Waals surface area contributed by atoms with Crippen molar-refractivity contribution in [1.29, 1.82) is 0 Å². The van der Waals surface area contributed by atoms with Crippen LogP contribution in [0.5, 0.6) is 0 Å². The standard InChI is InChI=1S/C37H64N6O5S/c1-23(2)29(38)35(46)40(9)28(20-22-49-13)34(45)42(11)31(25(5)6)37(48)43(12)32(26(7)8)36(47)41(10)30(24(3)4)33(44)39-21-19-27-17-15-14-16-18-27/h14-18,23-26,28-32H,19-22,38H2,1-13H3,(H,39,44)/t28-,29-,30-,31-,32-/m0/s1. The Morgan fingerprint density at radius 1 is 0.653 bits per heavy atom. The largest absolute Gasteiger partial charge is 0.354 e. The number of hydrogen-bond donors (Lipinski definition) is 2. The molecule has 1 aromatic rings. The molecule has 0 saturated carbocycles. The highest BCUT2D eigenvalue weighted by atomic mass is 32.2. The molecule has 0 bridgehead atoms.